The van der Waals surface area contributed by atoms with Crippen LogP contribution in [0.15, 0.2) is 23.1 Å². The molecule has 0 radical (unpaired) electrons. The highest BCUT2D eigenvalue weighted by molar-refractivity contribution is 7.92. The number of nitro groups is 1. The fraction of sp³-hybridized carbons (Fsp3) is 0.154. The van der Waals surface area contributed by atoms with Crippen LogP contribution in [0.5, 0.6) is 0 Å². The van der Waals surface area contributed by atoms with Gasteiger partial charge in [-0.15, -0.1) is 0 Å². The molecule has 1 atom stereocenters. The van der Waals surface area contributed by atoms with Gasteiger partial charge in [0.2, 0.25) is 20.2 Å². The summed E-state index contributed by atoms with van der Waals surface area (Å²) >= 11 is 11.3. The standard InChI is InChI=1S/C13H7Cl2FN4O4S/c1-6-18-11(12(20(21)22)13(15)19-6)10(5-17)25(23,24)9-3-2-7(14)4-8(9)16/h2-4,10H,1H3. The third-order valence-electron chi connectivity index (χ3n) is 3.04. The van der Waals surface area contributed by atoms with Gasteiger partial charge in [0.1, 0.15) is 16.5 Å². The Labute approximate surface area is 150 Å². The van der Waals surface area contributed by atoms with Crippen molar-refractivity contribution >= 4 is 38.7 Å². The third kappa shape index (κ3) is 3.53. The number of hydrogen-bond donors (Lipinski definition) is 0. The van der Waals surface area contributed by atoms with Gasteiger partial charge < -0.3 is 0 Å². The van der Waals surface area contributed by atoms with E-state index < -0.39 is 47.3 Å². The first-order valence-electron chi connectivity index (χ1n) is 6.36. The van der Waals surface area contributed by atoms with Crippen molar-refractivity contribution < 1.29 is 17.7 Å². The summed E-state index contributed by atoms with van der Waals surface area (Å²) in [6.45, 7) is 1.31. The van der Waals surface area contributed by atoms with Crippen LogP contribution < -0.4 is 0 Å². The molecule has 130 valence electrons. The largest absolute Gasteiger partial charge is 0.330 e. The van der Waals surface area contributed by atoms with Crippen molar-refractivity contribution in [2.45, 2.75) is 17.1 Å². The van der Waals surface area contributed by atoms with E-state index in [9.17, 15) is 28.2 Å². The van der Waals surface area contributed by atoms with Crippen LogP contribution >= 0.6 is 23.2 Å². The van der Waals surface area contributed by atoms with E-state index in [-0.39, 0.29) is 10.8 Å². The van der Waals surface area contributed by atoms with Crippen LogP contribution in [-0.4, -0.2) is 23.3 Å². The van der Waals surface area contributed by atoms with Crippen LogP contribution in [0.1, 0.15) is 16.8 Å². The first-order valence-corrected chi connectivity index (χ1v) is 8.66. The molecule has 1 aromatic heterocycles. The minimum absolute atomic E-state index is 0.0585. The van der Waals surface area contributed by atoms with Gasteiger partial charge in [0, 0.05) is 5.02 Å². The van der Waals surface area contributed by atoms with Gasteiger partial charge >= 0.3 is 5.69 Å². The first kappa shape index (κ1) is 19.0. The molecule has 1 heterocycles. The predicted octanol–water partition coefficient (Wildman–Crippen LogP) is 3.18. The molecule has 2 rings (SSSR count). The average Bonchev–Trinajstić information content (AvgIpc) is 2.45. The summed E-state index contributed by atoms with van der Waals surface area (Å²) in [7, 11) is -4.69. The van der Waals surface area contributed by atoms with Gasteiger partial charge in [0.15, 0.2) is 5.69 Å². The smallest absolute Gasteiger partial charge is 0.258 e. The Morgan fingerprint density at radius 3 is 2.52 bits per heavy atom. The lowest BCUT2D eigenvalue weighted by molar-refractivity contribution is -0.386. The summed E-state index contributed by atoms with van der Waals surface area (Å²) < 4.78 is 39.3. The second kappa shape index (κ2) is 6.87. The number of nitrogens with zero attached hydrogens (tertiary/aromatic N) is 4. The highest BCUT2D eigenvalue weighted by Crippen LogP contribution is 2.37. The Morgan fingerprint density at radius 1 is 1.36 bits per heavy atom. The van der Waals surface area contributed by atoms with E-state index in [4.69, 9.17) is 23.2 Å². The van der Waals surface area contributed by atoms with Gasteiger partial charge in [-0.25, -0.2) is 22.8 Å². The molecule has 0 bridgehead atoms. The van der Waals surface area contributed by atoms with E-state index in [0.29, 0.717) is 0 Å². The molecule has 0 aliphatic rings. The number of halogens is 3. The van der Waals surface area contributed by atoms with Crippen molar-refractivity contribution in [1.29, 1.82) is 5.26 Å². The molecule has 2 aromatic rings. The predicted molar refractivity (Wildman–Crippen MR) is 85.4 cm³/mol. The monoisotopic (exact) mass is 404 g/mol. The van der Waals surface area contributed by atoms with Crippen molar-refractivity contribution in [2.24, 2.45) is 0 Å². The maximum atomic E-state index is 14.0. The number of benzene rings is 1. The SMILES string of the molecule is Cc1nc(Cl)c([N+](=O)[O-])c(C(C#N)S(=O)(=O)c2ccc(Cl)cc2F)n1. The quantitative estimate of drug-likeness (QED) is 0.434. The Bertz CT molecular complexity index is 1020. The highest BCUT2D eigenvalue weighted by atomic mass is 35.5. The van der Waals surface area contributed by atoms with Crippen LogP contribution in [0.2, 0.25) is 10.2 Å². The molecular formula is C13H7Cl2FN4O4S. The Balaban J connectivity index is 2.77. The molecule has 0 N–H and O–H groups in total. The Hall–Kier alpha value is -2.35. The molecule has 0 aliphatic carbocycles. The summed E-state index contributed by atoms with van der Waals surface area (Å²) in [5, 5.41) is 17.7. The fourth-order valence-corrected chi connectivity index (χ4v) is 3.90. The lowest BCUT2D eigenvalue weighted by Gasteiger charge is -2.12. The second-order valence-electron chi connectivity index (χ2n) is 4.68. The molecule has 1 unspecified atom stereocenters. The van der Waals surface area contributed by atoms with Gasteiger partial charge in [-0.2, -0.15) is 5.26 Å². The number of nitriles is 1. The lowest BCUT2D eigenvalue weighted by Crippen LogP contribution is -2.18. The molecule has 1 aromatic carbocycles. The minimum Gasteiger partial charge on any atom is -0.258 e. The van der Waals surface area contributed by atoms with Gasteiger partial charge in [-0.05, 0) is 25.1 Å². The molecule has 0 aliphatic heterocycles. The van der Waals surface area contributed by atoms with E-state index >= 15 is 0 Å². The van der Waals surface area contributed by atoms with Crippen molar-refractivity contribution in [3.63, 3.8) is 0 Å². The van der Waals surface area contributed by atoms with E-state index in [0.717, 1.165) is 18.2 Å². The number of aryl methyl sites for hydroxylation is 1. The van der Waals surface area contributed by atoms with Crippen LogP contribution in [0.4, 0.5) is 10.1 Å². The molecule has 25 heavy (non-hydrogen) atoms. The fourth-order valence-electron chi connectivity index (χ4n) is 2.02. The molecule has 8 nitrogen and oxygen atoms in total. The zero-order chi connectivity index (χ0) is 18.9. The second-order valence-corrected chi connectivity index (χ2v) is 7.48. The zero-order valence-electron chi connectivity index (χ0n) is 12.3. The van der Waals surface area contributed by atoms with Gasteiger partial charge in [-0.3, -0.25) is 10.1 Å². The Kier molecular flexibility index (Phi) is 5.22. The highest BCUT2D eigenvalue weighted by Gasteiger charge is 2.39. The van der Waals surface area contributed by atoms with E-state index in [1.807, 2.05) is 0 Å². The lowest BCUT2D eigenvalue weighted by atomic mass is 10.2. The van der Waals surface area contributed by atoms with E-state index in [2.05, 4.69) is 9.97 Å². The topological polar surface area (TPSA) is 127 Å². The summed E-state index contributed by atoms with van der Waals surface area (Å²) in [5.41, 5.74) is -1.67. The molecule has 0 saturated carbocycles. The van der Waals surface area contributed by atoms with Gasteiger partial charge in [0.05, 0.1) is 11.0 Å². The third-order valence-corrected chi connectivity index (χ3v) is 5.43. The summed E-state index contributed by atoms with van der Waals surface area (Å²) in [6.07, 6.45) is 0. The van der Waals surface area contributed by atoms with Crippen LogP contribution in [0, 0.1) is 34.2 Å². The number of hydrogen-bond acceptors (Lipinski definition) is 7. The van der Waals surface area contributed by atoms with Crippen LogP contribution in [0.25, 0.3) is 0 Å². The first-order chi connectivity index (χ1) is 11.6. The van der Waals surface area contributed by atoms with Gasteiger partial charge in [-0.1, -0.05) is 23.2 Å². The zero-order valence-corrected chi connectivity index (χ0v) is 14.6. The number of sulfone groups is 1. The maximum Gasteiger partial charge on any atom is 0.330 e. The van der Waals surface area contributed by atoms with Crippen LogP contribution in [-0.2, 0) is 9.84 Å². The number of aromatic nitrogens is 2. The molecule has 12 heteroatoms. The van der Waals surface area contributed by atoms with Crippen LogP contribution in [0.3, 0.4) is 0 Å². The molecule has 0 fully saturated rings. The van der Waals surface area contributed by atoms with Gasteiger partial charge in [0.25, 0.3) is 0 Å². The molecule has 0 spiro atoms. The summed E-state index contributed by atoms with van der Waals surface area (Å²) in [4.78, 5) is 16.6. The van der Waals surface area contributed by atoms with Crippen molar-refractivity contribution in [3.05, 3.63) is 55.8 Å². The van der Waals surface area contributed by atoms with E-state index in [1.54, 1.807) is 0 Å². The normalized spacial score (nSPS) is 12.4. The molecule has 0 saturated heterocycles. The number of rotatable bonds is 4. The van der Waals surface area contributed by atoms with Crippen molar-refractivity contribution in [1.82, 2.24) is 9.97 Å². The van der Waals surface area contributed by atoms with E-state index in [1.165, 1.54) is 13.0 Å². The minimum atomic E-state index is -4.69. The van der Waals surface area contributed by atoms with Crippen molar-refractivity contribution in [2.75, 3.05) is 0 Å². The summed E-state index contributed by atoms with van der Waals surface area (Å²) in [6, 6.07) is 4.12. The molecule has 0 amide bonds. The van der Waals surface area contributed by atoms with Crippen molar-refractivity contribution in [3.8, 4) is 6.07 Å². The molecular weight excluding hydrogens is 398 g/mol. The Morgan fingerprint density at radius 2 is 2.00 bits per heavy atom. The summed E-state index contributed by atoms with van der Waals surface area (Å²) in [5.74, 6) is -1.29. The average molecular weight is 405 g/mol. The maximum absolute atomic E-state index is 14.0.